The third kappa shape index (κ3) is 5.69. The molecule has 0 atom stereocenters. The number of hydrogen-bond donors (Lipinski definition) is 3. The SMILES string of the molecule is CCNCCNC1=NC(=O)S/C1=C\c1ccc(Oc2ccc(N)c(Cl)c2)c(OC)c1. The number of hydrogen-bond acceptors (Lipinski definition) is 7. The molecule has 0 saturated carbocycles. The number of nitrogens with zero attached hydrogens (tertiary/aromatic N) is 1. The van der Waals surface area contributed by atoms with Crippen LogP contribution < -0.4 is 25.8 Å². The summed E-state index contributed by atoms with van der Waals surface area (Å²) in [7, 11) is 1.57. The Bertz CT molecular complexity index is 994. The number of amidine groups is 1. The average Bonchev–Trinajstić information content (AvgIpc) is 3.08. The highest BCUT2D eigenvalue weighted by Gasteiger charge is 2.21. The number of amides is 1. The second kappa shape index (κ2) is 10.4. The molecule has 1 aliphatic heterocycles. The van der Waals surface area contributed by atoms with Crippen LogP contribution in [0.5, 0.6) is 17.2 Å². The van der Waals surface area contributed by atoms with Gasteiger partial charge in [0.05, 0.1) is 22.7 Å². The highest BCUT2D eigenvalue weighted by Crippen LogP contribution is 2.36. The molecule has 0 saturated heterocycles. The molecule has 1 aliphatic rings. The van der Waals surface area contributed by atoms with Gasteiger partial charge in [0.1, 0.15) is 11.6 Å². The lowest BCUT2D eigenvalue weighted by molar-refractivity contribution is 0.268. The minimum absolute atomic E-state index is 0.237. The van der Waals surface area contributed by atoms with E-state index in [9.17, 15) is 4.79 Å². The van der Waals surface area contributed by atoms with Gasteiger partial charge in [-0.2, -0.15) is 4.99 Å². The lowest BCUT2D eigenvalue weighted by Gasteiger charge is -2.12. The zero-order valence-electron chi connectivity index (χ0n) is 16.7. The molecule has 2 aromatic carbocycles. The minimum atomic E-state index is -0.237. The van der Waals surface area contributed by atoms with Gasteiger partial charge < -0.3 is 25.8 Å². The topological polar surface area (TPSA) is 98.0 Å². The Hall–Kier alpha value is -2.68. The minimum Gasteiger partial charge on any atom is -0.493 e. The number of halogens is 1. The summed E-state index contributed by atoms with van der Waals surface area (Å²) in [6.45, 7) is 4.40. The van der Waals surface area contributed by atoms with Gasteiger partial charge in [-0.3, -0.25) is 4.79 Å². The van der Waals surface area contributed by atoms with E-state index >= 15 is 0 Å². The summed E-state index contributed by atoms with van der Waals surface area (Å²) in [5, 5.41) is 6.60. The van der Waals surface area contributed by atoms with Crippen LogP contribution in [0.25, 0.3) is 6.08 Å². The van der Waals surface area contributed by atoms with Crippen LogP contribution in [-0.2, 0) is 0 Å². The van der Waals surface area contributed by atoms with E-state index in [0.29, 0.717) is 40.3 Å². The van der Waals surface area contributed by atoms with E-state index in [-0.39, 0.29) is 5.24 Å². The lowest BCUT2D eigenvalue weighted by atomic mass is 10.2. The highest BCUT2D eigenvalue weighted by atomic mass is 35.5. The number of benzene rings is 2. The van der Waals surface area contributed by atoms with E-state index in [2.05, 4.69) is 15.6 Å². The Morgan fingerprint density at radius 3 is 2.77 bits per heavy atom. The number of anilines is 1. The van der Waals surface area contributed by atoms with Gasteiger partial charge >= 0.3 is 5.24 Å². The summed E-state index contributed by atoms with van der Waals surface area (Å²) in [5.41, 5.74) is 7.08. The Morgan fingerprint density at radius 1 is 1.20 bits per heavy atom. The molecule has 1 amide bonds. The summed E-state index contributed by atoms with van der Waals surface area (Å²) >= 11 is 7.15. The van der Waals surface area contributed by atoms with Gasteiger partial charge in [-0.25, -0.2) is 0 Å². The number of carbonyl (C=O) groups is 1. The molecule has 0 unspecified atom stereocenters. The fraction of sp³-hybridized carbons (Fsp3) is 0.238. The molecular weight excluding hydrogens is 424 g/mol. The summed E-state index contributed by atoms with van der Waals surface area (Å²) in [6, 6.07) is 10.6. The van der Waals surface area contributed by atoms with Crippen molar-refractivity contribution in [2.75, 3.05) is 32.5 Å². The number of likely N-dealkylation sites (N-methyl/N-ethyl adjacent to an activating group) is 1. The zero-order valence-corrected chi connectivity index (χ0v) is 18.3. The number of carbonyl (C=O) groups excluding carboxylic acids is 1. The normalized spacial score (nSPS) is 14.7. The molecule has 7 nitrogen and oxygen atoms in total. The standard InChI is InChI=1S/C21H23ClN4O3S/c1-3-24-8-9-25-20-19(30-21(27)26-20)11-13-4-7-17(18(10-13)28-2)29-14-5-6-16(23)15(22)12-14/h4-7,10-12,24H,3,8-9,23H2,1-2H3,(H,25,26,27)/b19-11-. The lowest BCUT2D eigenvalue weighted by Crippen LogP contribution is -2.31. The molecule has 4 N–H and O–H groups in total. The molecule has 2 aromatic rings. The Balaban J connectivity index is 1.77. The predicted octanol–water partition coefficient (Wildman–Crippen LogP) is 4.53. The molecule has 0 spiro atoms. The molecule has 9 heteroatoms. The van der Waals surface area contributed by atoms with Crippen molar-refractivity contribution in [2.24, 2.45) is 4.99 Å². The fourth-order valence-electron chi connectivity index (χ4n) is 2.69. The molecule has 0 radical (unpaired) electrons. The fourth-order valence-corrected chi connectivity index (χ4v) is 3.60. The first kappa shape index (κ1) is 22.0. The first-order chi connectivity index (χ1) is 14.5. The molecule has 3 rings (SSSR count). The molecule has 0 fully saturated rings. The van der Waals surface area contributed by atoms with Gasteiger partial charge in [-0.15, -0.1) is 0 Å². The second-order valence-electron chi connectivity index (χ2n) is 6.31. The smallest absolute Gasteiger partial charge is 0.311 e. The van der Waals surface area contributed by atoms with Crippen LogP contribution in [0.1, 0.15) is 12.5 Å². The number of ether oxygens (including phenoxy) is 2. The van der Waals surface area contributed by atoms with E-state index in [0.717, 1.165) is 35.3 Å². The number of nitrogen functional groups attached to an aromatic ring is 1. The summed E-state index contributed by atoms with van der Waals surface area (Å²) in [5.74, 6) is 2.21. The second-order valence-corrected chi connectivity index (χ2v) is 7.71. The number of thioether (sulfide) groups is 1. The van der Waals surface area contributed by atoms with E-state index in [1.807, 2.05) is 25.1 Å². The van der Waals surface area contributed by atoms with E-state index < -0.39 is 0 Å². The van der Waals surface area contributed by atoms with Crippen molar-refractivity contribution in [3.63, 3.8) is 0 Å². The Kier molecular flexibility index (Phi) is 7.62. The van der Waals surface area contributed by atoms with Crippen molar-refractivity contribution in [2.45, 2.75) is 6.92 Å². The molecule has 0 aromatic heterocycles. The molecule has 0 aliphatic carbocycles. The summed E-state index contributed by atoms with van der Waals surface area (Å²) < 4.78 is 11.4. The molecule has 0 bridgehead atoms. The quantitative estimate of drug-likeness (QED) is 0.404. The summed E-state index contributed by atoms with van der Waals surface area (Å²) in [4.78, 5) is 16.6. The number of rotatable bonds is 8. The Labute approximate surface area is 184 Å². The first-order valence-corrected chi connectivity index (χ1v) is 10.6. The van der Waals surface area contributed by atoms with Crippen LogP contribution in [0.15, 0.2) is 46.3 Å². The van der Waals surface area contributed by atoms with Crippen LogP contribution in [0.2, 0.25) is 5.02 Å². The number of methoxy groups -OCH3 is 1. The van der Waals surface area contributed by atoms with E-state index in [1.54, 1.807) is 31.4 Å². The van der Waals surface area contributed by atoms with Crippen LogP contribution >= 0.6 is 23.4 Å². The Morgan fingerprint density at radius 2 is 2.03 bits per heavy atom. The maximum atomic E-state index is 11.8. The number of aliphatic imine (C=N–C) groups is 1. The van der Waals surface area contributed by atoms with Crippen LogP contribution in [0.4, 0.5) is 10.5 Å². The monoisotopic (exact) mass is 446 g/mol. The van der Waals surface area contributed by atoms with Gasteiger partial charge in [-0.1, -0.05) is 24.6 Å². The third-order valence-corrected chi connectivity index (χ3v) is 5.29. The third-order valence-electron chi connectivity index (χ3n) is 4.16. The van der Waals surface area contributed by atoms with Gasteiger partial charge in [0.15, 0.2) is 11.5 Å². The highest BCUT2D eigenvalue weighted by molar-refractivity contribution is 8.18. The molecule has 158 valence electrons. The maximum absolute atomic E-state index is 11.8. The van der Waals surface area contributed by atoms with E-state index in [1.165, 1.54) is 0 Å². The van der Waals surface area contributed by atoms with Crippen LogP contribution in [0.3, 0.4) is 0 Å². The molecular formula is C21H23ClN4O3S. The molecule has 1 heterocycles. The molecule has 30 heavy (non-hydrogen) atoms. The largest absolute Gasteiger partial charge is 0.493 e. The van der Waals surface area contributed by atoms with Gasteiger partial charge in [0.2, 0.25) is 0 Å². The zero-order chi connectivity index (χ0) is 21.5. The summed E-state index contributed by atoms with van der Waals surface area (Å²) in [6.07, 6.45) is 1.89. The van der Waals surface area contributed by atoms with Crippen molar-refractivity contribution in [1.29, 1.82) is 0 Å². The maximum Gasteiger partial charge on any atom is 0.311 e. The average molecular weight is 447 g/mol. The van der Waals surface area contributed by atoms with Gasteiger partial charge in [-0.05, 0) is 54.2 Å². The van der Waals surface area contributed by atoms with Crippen LogP contribution in [0, 0.1) is 0 Å². The van der Waals surface area contributed by atoms with Crippen molar-refractivity contribution in [3.05, 3.63) is 51.9 Å². The van der Waals surface area contributed by atoms with Crippen molar-refractivity contribution in [3.8, 4) is 17.2 Å². The van der Waals surface area contributed by atoms with Crippen molar-refractivity contribution in [1.82, 2.24) is 10.6 Å². The number of nitrogens with two attached hydrogens (primary N) is 1. The van der Waals surface area contributed by atoms with Gasteiger partial charge in [0.25, 0.3) is 0 Å². The first-order valence-electron chi connectivity index (χ1n) is 9.38. The van der Waals surface area contributed by atoms with Crippen molar-refractivity contribution >= 4 is 46.2 Å². The van der Waals surface area contributed by atoms with Gasteiger partial charge in [0, 0.05) is 19.2 Å². The van der Waals surface area contributed by atoms with E-state index in [4.69, 9.17) is 26.8 Å². The van der Waals surface area contributed by atoms with Crippen LogP contribution in [-0.4, -0.2) is 37.8 Å². The predicted molar refractivity (Wildman–Crippen MR) is 124 cm³/mol. The number of nitrogens with one attached hydrogen (secondary N) is 2. The van der Waals surface area contributed by atoms with Crippen molar-refractivity contribution < 1.29 is 14.3 Å².